The zero-order chi connectivity index (χ0) is 21.9. The molecule has 0 aliphatic carbocycles. The molecule has 0 saturated carbocycles. The molecule has 0 spiro atoms. The molecule has 0 bridgehead atoms. The number of rotatable bonds is 12. The van der Waals surface area contributed by atoms with Crippen molar-refractivity contribution in [2.24, 2.45) is 17.8 Å². The first-order chi connectivity index (χ1) is 14.4. The van der Waals surface area contributed by atoms with Gasteiger partial charge in [0.1, 0.15) is 6.61 Å². The minimum Gasteiger partial charge on any atom is -0.463 e. The van der Waals surface area contributed by atoms with Crippen LogP contribution in [0.15, 0.2) is 30.3 Å². The molecule has 2 rings (SSSR count). The van der Waals surface area contributed by atoms with E-state index < -0.39 is 0 Å². The van der Waals surface area contributed by atoms with Gasteiger partial charge >= 0.3 is 5.97 Å². The number of hydrogen-bond acceptors (Lipinski definition) is 6. The van der Waals surface area contributed by atoms with Gasteiger partial charge in [-0.15, -0.1) is 0 Å². The molecule has 0 aromatic heterocycles. The van der Waals surface area contributed by atoms with Crippen molar-refractivity contribution in [1.82, 2.24) is 5.32 Å². The summed E-state index contributed by atoms with van der Waals surface area (Å²) in [5.74, 6) is 0.862. The van der Waals surface area contributed by atoms with Gasteiger partial charge in [-0.05, 0) is 37.6 Å². The predicted molar refractivity (Wildman–Crippen MR) is 116 cm³/mol. The van der Waals surface area contributed by atoms with Crippen LogP contribution >= 0.6 is 0 Å². The molecule has 168 valence electrons. The Balaban J connectivity index is 1.59. The second kappa shape index (κ2) is 12.8. The smallest absolute Gasteiger partial charge is 0.302 e. The number of carbonyl (C=O) groups excluding carboxylic acids is 2. The molecule has 1 saturated heterocycles. The lowest BCUT2D eigenvalue weighted by Crippen LogP contribution is -2.47. The zero-order valence-corrected chi connectivity index (χ0v) is 18.8. The van der Waals surface area contributed by atoms with E-state index in [-0.39, 0.29) is 30.8 Å². The number of ether oxygens (including phenoxy) is 3. The number of carbonyl (C=O) groups is 2. The Kier molecular flexibility index (Phi) is 10.5. The van der Waals surface area contributed by atoms with Crippen molar-refractivity contribution in [3.8, 4) is 0 Å². The molecule has 1 heterocycles. The molecule has 6 heteroatoms. The fourth-order valence-electron chi connectivity index (χ4n) is 3.72. The van der Waals surface area contributed by atoms with Gasteiger partial charge in [-0.1, -0.05) is 51.1 Å². The Morgan fingerprint density at radius 3 is 2.43 bits per heavy atom. The van der Waals surface area contributed by atoms with Crippen molar-refractivity contribution >= 4 is 11.8 Å². The molecule has 0 amide bonds. The Morgan fingerprint density at radius 2 is 1.73 bits per heavy atom. The molecule has 1 aromatic carbocycles. The number of benzene rings is 1. The van der Waals surface area contributed by atoms with Crippen LogP contribution in [0.4, 0.5) is 0 Å². The van der Waals surface area contributed by atoms with E-state index in [0.717, 1.165) is 31.4 Å². The quantitative estimate of drug-likeness (QED) is 0.315. The first kappa shape index (κ1) is 24.5. The van der Waals surface area contributed by atoms with E-state index in [0.29, 0.717) is 30.9 Å². The fourth-order valence-corrected chi connectivity index (χ4v) is 3.72. The van der Waals surface area contributed by atoms with Crippen LogP contribution in [0.3, 0.4) is 0 Å². The minimum atomic E-state index is -0.284. The second-order valence-electron chi connectivity index (χ2n) is 8.32. The van der Waals surface area contributed by atoms with E-state index in [4.69, 9.17) is 14.2 Å². The minimum absolute atomic E-state index is 0.119. The largest absolute Gasteiger partial charge is 0.463 e. The van der Waals surface area contributed by atoms with Crippen molar-refractivity contribution in [2.45, 2.75) is 59.4 Å². The number of hydrogen-bond donors (Lipinski definition) is 1. The molecule has 1 N–H and O–H groups in total. The van der Waals surface area contributed by atoms with Gasteiger partial charge in [-0.3, -0.25) is 9.59 Å². The van der Waals surface area contributed by atoms with Crippen LogP contribution in [0.5, 0.6) is 0 Å². The predicted octanol–water partition coefficient (Wildman–Crippen LogP) is 3.84. The van der Waals surface area contributed by atoms with Crippen molar-refractivity contribution in [3.05, 3.63) is 35.9 Å². The van der Waals surface area contributed by atoms with Crippen LogP contribution in [0.25, 0.3) is 0 Å². The maximum absolute atomic E-state index is 12.0. The van der Waals surface area contributed by atoms with Crippen LogP contribution < -0.4 is 5.32 Å². The Labute approximate surface area is 180 Å². The fraction of sp³-hybridized carbons (Fsp3) is 0.667. The summed E-state index contributed by atoms with van der Waals surface area (Å²) in [6.07, 6.45) is 2.57. The number of unbranched alkanes of at least 4 members (excludes halogenated alkanes) is 2. The highest BCUT2D eigenvalue weighted by molar-refractivity contribution is 5.97. The molecule has 1 aliphatic heterocycles. The molecule has 6 nitrogen and oxygen atoms in total. The average molecular weight is 420 g/mol. The number of esters is 1. The van der Waals surface area contributed by atoms with E-state index in [2.05, 4.69) is 26.1 Å². The monoisotopic (exact) mass is 419 g/mol. The summed E-state index contributed by atoms with van der Waals surface area (Å²) in [6, 6.07) is 9.35. The van der Waals surface area contributed by atoms with Crippen LogP contribution in [0, 0.1) is 17.8 Å². The number of nitrogens with one attached hydrogen (secondary N) is 1. The third-order valence-electron chi connectivity index (χ3n) is 6.10. The van der Waals surface area contributed by atoms with Crippen molar-refractivity contribution in [3.63, 3.8) is 0 Å². The standard InChI is InChI=1S/C24H37NO5/c1-17-18(2)23(16-29-20(4)26)30-24(19(17)3)28-14-10-6-9-13-25-15-22(27)21-11-7-5-8-12-21/h5,7-8,11-12,17-19,23-25H,6,9-10,13-16H2,1-4H3/t17-,18+,19?,23?,24+/m0/s1. The van der Waals surface area contributed by atoms with Gasteiger partial charge in [0.05, 0.1) is 12.6 Å². The Hall–Kier alpha value is -1.76. The summed E-state index contributed by atoms with van der Waals surface area (Å²) >= 11 is 0. The Bertz CT molecular complexity index is 650. The van der Waals surface area contributed by atoms with Gasteiger partial charge in [-0.25, -0.2) is 0 Å². The van der Waals surface area contributed by atoms with Crippen molar-refractivity contribution in [2.75, 3.05) is 26.3 Å². The summed E-state index contributed by atoms with van der Waals surface area (Å²) in [5, 5.41) is 3.21. The second-order valence-corrected chi connectivity index (χ2v) is 8.32. The van der Waals surface area contributed by atoms with Crippen LogP contribution in [-0.2, 0) is 19.0 Å². The van der Waals surface area contributed by atoms with E-state index in [1.165, 1.54) is 6.92 Å². The summed E-state index contributed by atoms with van der Waals surface area (Å²) in [7, 11) is 0. The van der Waals surface area contributed by atoms with E-state index >= 15 is 0 Å². The van der Waals surface area contributed by atoms with Crippen molar-refractivity contribution < 1.29 is 23.8 Å². The first-order valence-corrected chi connectivity index (χ1v) is 11.1. The SMILES string of the molecule is CC(=O)OCC1O[C@@H](OCCCCCNCC(=O)c2ccccc2)C(C)[C@@H](C)[C@H]1C. The number of ketones is 1. The molecule has 1 fully saturated rings. The van der Waals surface area contributed by atoms with Crippen molar-refractivity contribution in [1.29, 1.82) is 0 Å². The molecule has 30 heavy (non-hydrogen) atoms. The third-order valence-corrected chi connectivity index (χ3v) is 6.10. The van der Waals surface area contributed by atoms with Gasteiger partial charge in [0.15, 0.2) is 12.1 Å². The molecular weight excluding hydrogens is 382 g/mol. The number of Topliss-reactive ketones (excluding diaryl/α,β-unsaturated/α-hetero) is 1. The normalized spacial score (nSPS) is 26.3. The lowest BCUT2D eigenvalue weighted by atomic mass is 9.79. The van der Waals surface area contributed by atoms with Gasteiger partial charge < -0.3 is 19.5 Å². The third kappa shape index (κ3) is 7.82. The summed E-state index contributed by atoms with van der Waals surface area (Å²) < 4.78 is 17.3. The highest BCUT2D eigenvalue weighted by Gasteiger charge is 2.39. The van der Waals surface area contributed by atoms with Gasteiger partial charge in [0.2, 0.25) is 0 Å². The van der Waals surface area contributed by atoms with E-state index in [1.807, 2.05) is 30.3 Å². The van der Waals surface area contributed by atoms with E-state index in [1.54, 1.807) is 0 Å². The maximum Gasteiger partial charge on any atom is 0.302 e. The van der Waals surface area contributed by atoms with Crippen LogP contribution in [-0.4, -0.2) is 50.4 Å². The highest BCUT2D eigenvalue weighted by Crippen LogP contribution is 2.35. The van der Waals surface area contributed by atoms with Crippen LogP contribution in [0.1, 0.15) is 57.3 Å². The van der Waals surface area contributed by atoms with Gasteiger partial charge in [0, 0.05) is 25.0 Å². The first-order valence-electron chi connectivity index (χ1n) is 11.1. The van der Waals surface area contributed by atoms with Gasteiger partial charge in [0.25, 0.3) is 0 Å². The lowest BCUT2D eigenvalue weighted by Gasteiger charge is -2.43. The summed E-state index contributed by atoms with van der Waals surface area (Å²) in [4.78, 5) is 23.1. The molecule has 1 aromatic rings. The maximum atomic E-state index is 12.0. The summed E-state index contributed by atoms with van der Waals surface area (Å²) in [6.45, 7) is 10.0. The molecule has 2 unspecified atom stereocenters. The topological polar surface area (TPSA) is 73.9 Å². The lowest BCUT2D eigenvalue weighted by molar-refractivity contribution is -0.255. The molecule has 5 atom stereocenters. The zero-order valence-electron chi connectivity index (χ0n) is 18.8. The molecule has 0 radical (unpaired) electrons. The van der Waals surface area contributed by atoms with E-state index in [9.17, 15) is 9.59 Å². The summed E-state index contributed by atoms with van der Waals surface area (Å²) in [5.41, 5.74) is 0.746. The average Bonchev–Trinajstić information content (AvgIpc) is 2.74. The Morgan fingerprint density at radius 1 is 1.00 bits per heavy atom. The highest BCUT2D eigenvalue weighted by atomic mass is 16.7. The molecule has 1 aliphatic rings. The molecular formula is C24H37NO5. The van der Waals surface area contributed by atoms with Crippen LogP contribution in [0.2, 0.25) is 0 Å². The van der Waals surface area contributed by atoms with Gasteiger partial charge in [-0.2, -0.15) is 0 Å².